The van der Waals surface area contributed by atoms with E-state index in [1.807, 2.05) is 14.1 Å². The molecule has 1 amide bonds. The molecule has 0 bridgehead atoms. The van der Waals surface area contributed by atoms with Crippen LogP contribution in [-0.4, -0.2) is 48.6 Å². The maximum Gasteiger partial charge on any atom is 0.272 e. The molecule has 0 fully saturated rings. The summed E-state index contributed by atoms with van der Waals surface area (Å²) in [5.41, 5.74) is 2.19. The number of rotatable bonds is 7. The molecular formula is C23H28ClN3O2S. The van der Waals surface area contributed by atoms with Crippen LogP contribution in [0.1, 0.15) is 25.0 Å². The van der Waals surface area contributed by atoms with Crippen molar-refractivity contribution in [2.45, 2.75) is 33.3 Å². The molecule has 5 nitrogen and oxygen atoms in total. The van der Waals surface area contributed by atoms with Crippen molar-refractivity contribution >= 4 is 44.2 Å². The minimum absolute atomic E-state index is 0.132. The van der Waals surface area contributed by atoms with Gasteiger partial charge in [-0.3, -0.25) is 9.69 Å². The van der Waals surface area contributed by atoms with E-state index in [9.17, 15) is 4.79 Å². The quantitative estimate of drug-likeness (QED) is 0.493. The number of anilines is 1. The van der Waals surface area contributed by atoms with Crippen molar-refractivity contribution in [3.63, 3.8) is 0 Å². The first kappa shape index (κ1) is 22.5. The van der Waals surface area contributed by atoms with Gasteiger partial charge in [0.05, 0.1) is 10.2 Å². The lowest BCUT2D eigenvalue weighted by molar-refractivity contribution is -0.131. The normalized spacial score (nSPS) is 11.9. The van der Waals surface area contributed by atoms with Crippen LogP contribution in [0, 0.1) is 13.8 Å². The SMILES string of the molecule is Cc1cc(C)c2sc(N(CCN(C)C)C(=O)C(C)(C)Oc3ccc(Cl)cc3)nc2c1. The topological polar surface area (TPSA) is 45.7 Å². The van der Waals surface area contributed by atoms with Gasteiger partial charge in [0, 0.05) is 18.1 Å². The second-order valence-corrected chi connectivity index (χ2v) is 9.67. The molecule has 2 aromatic carbocycles. The summed E-state index contributed by atoms with van der Waals surface area (Å²) in [4.78, 5) is 22.2. The average Bonchev–Trinajstić information content (AvgIpc) is 3.07. The number of carbonyl (C=O) groups excluding carboxylic acids is 1. The van der Waals surface area contributed by atoms with Crippen molar-refractivity contribution in [3.05, 3.63) is 52.5 Å². The van der Waals surface area contributed by atoms with Crippen molar-refractivity contribution in [1.29, 1.82) is 0 Å². The molecule has 30 heavy (non-hydrogen) atoms. The number of halogens is 1. The molecule has 0 aliphatic carbocycles. The number of nitrogens with zero attached hydrogens (tertiary/aromatic N) is 3. The highest BCUT2D eigenvalue weighted by Crippen LogP contribution is 2.33. The van der Waals surface area contributed by atoms with Gasteiger partial charge in [0.25, 0.3) is 5.91 Å². The number of hydrogen-bond acceptors (Lipinski definition) is 5. The van der Waals surface area contributed by atoms with Gasteiger partial charge in [-0.1, -0.05) is 29.0 Å². The van der Waals surface area contributed by atoms with Gasteiger partial charge in [-0.25, -0.2) is 4.98 Å². The lowest BCUT2D eigenvalue weighted by atomic mass is 10.1. The first-order valence-corrected chi connectivity index (χ1v) is 11.1. The number of fused-ring (bicyclic) bond motifs is 1. The molecule has 0 radical (unpaired) electrons. The summed E-state index contributed by atoms with van der Waals surface area (Å²) in [5, 5.41) is 1.32. The second-order valence-electron chi connectivity index (χ2n) is 8.25. The smallest absolute Gasteiger partial charge is 0.272 e. The van der Waals surface area contributed by atoms with Crippen molar-refractivity contribution in [2.24, 2.45) is 0 Å². The van der Waals surface area contributed by atoms with E-state index in [0.717, 1.165) is 22.3 Å². The third-order valence-corrected chi connectivity index (χ3v) is 6.24. The van der Waals surface area contributed by atoms with Gasteiger partial charge in [0.15, 0.2) is 10.7 Å². The summed E-state index contributed by atoms with van der Waals surface area (Å²) in [6.45, 7) is 8.96. The Balaban J connectivity index is 1.95. The number of amides is 1. The van der Waals surface area contributed by atoms with E-state index >= 15 is 0 Å². The molecule has 1 aromatic heterocycles. The fourth-order valence-corrected chi connectivity index (χ4v) is 4.40. The molecule has 0 saturated heterocycles. The fourth-order valence-electron chi connectivity index (χ4n) is 3.23. The highest BCUT2D eigenvalue weighted by molar-refractivity contribution is 7.22. The van der Waals surface area contributed by atoms with E-state index in [0.29, 0.717) is 22.4 Å². The molecular weight excluding hydrogens is 418 g/mol. The summed E-state index contributed by atoms with van der Waals surface area (Å²) in [6.07, 6.45) is 0. The zero-order valence-corrected chi connectivity index (χ0v) is 19.9. The van der Waals surface area contributed by atoms with Crippen LogP contribution in [0.5, 0.6) is 5.75 Å². The first-order valence-electron chi connectivity index (χ1n) is 9.86. The molecule has 0 unspecified atom stereocenters. The first-order chi connectivity index (χ1) is 14.1. The molecule has 0 N–H and O–H groups in total. The number of aromatic nitrogens is 1. The molecule has 0 spiro atoms. The minimum atomic E-state index is -1.07. The van der Waals surface area contributed by atoms with Gasteiger partial charge in [-0.2, -0.15) is 0 Å². The monoisotopic (exact) mass is 445 g/mol. The molecule has 160 valence electrons. The Hall–Kier alpha value is -2.15. The maximum absolute atomic E-state index is 13.6. The fraction of sp³-hybridized carbons (Fsp3) is 0.391. The van der Waals surface area contributed by atoms with Gasteiger partial charge >= 0.3 is 0 Å². The van der Waals surface area contributed by atoms with Gasteiger partial charge in [-0.15, -0.1) is 0 Å². The van der Waals surface area contributed by atoms with Crippen LogP contribution < -0.4 is 9.64 Å². The van der Waals surface area contributed by atoms with Gasteiger partial charge < -0.3 is 9.64 Å². The van der Waals surface area contributed by atoms with Crippen LogP contribution in [0.3, 0.4) is 0 Å². The van der Waals surface area contributed by atoms with Crippen LogP contribution in [-0.2, 0) is 4.79 Å². The van der Waals surface area contributed by atoms with Crippen molar-refractivity contribution in [3.8, 4) is 5.75 Å². The van der Waals surface area contributed by atoms with Gasteiger partial charge in [0.2, 0.25) is 0 Å². The summed E-state index contributed by atoms with van der Waals surface area (Å²) >= 11 is 7.51. The lowest BCUT2D eigenvalue weighted by Crippen LogP contribution is -2.50. The van der Waals surface area contributed by atoms with Crippen molar-refractivity contribution < 1.29 is 9.53 Å². The summed E-state index contributed by atoms with van der Waals surface area (Å²) in [5.74, 6) is 0.466. The highest BCUT2D eigenvalue weighted by atomic mass is 35.5. The second kappa shape index (κ2) is 8.92. The number of thiazole rings is 1. The van der Waals surface area contributed by atoms with Gasteiger partial charge in [-0.05, 0) is 83.2 Å². The van der Waals surface area contributed by atoms with E-state index < -0.39 is 5.60 Å². The van der Waals surface area contributed by atoms with E-state index in [4.69, 9.17) is 21.3 Å². The van der Waals surface area contributed by atoms with Crippen LogP contribution in [0.4, 0.5) is 5.13 Å². The van der Waals surface area contributed by atoms with Crippen molar-refractivity contribution in [2.75, 3.05) is 32.1 Å². The summed E-state index contributed by atoms with van der Waals surface area (Å²) in [7, 11) is 3.98. The van der Waals surface area contributed by atoms with Crippen LogP contribution >= 0.6 is 22.9 Å². The highest BCUT2D eigenvalue weighted by Gasteiger charge is 2.36. The molecule has 3 rings (SSSR count). The van der Waals surface area contributed by atoms with Gasteiger partial charge in [0.1, 0.15) is 5.75 Å². The Morgan fingerprint density at radius 3 is 2.43 bits per heavy atom. The largest absolute Gasteiger partial charge is 0.478 e. The predicted molar refractivity (Wildman–Crippen MR) is 126 cm³/mol. The molecule has 7 heteroatoms. The molecule has 0 saturated carbocycles. The summed E-state index contributed by atoms with van der Waals surface area (Å²) in [6, 6.07) is 11.2. The number of carbonyl (C=O) groups is 1. The average molecular weight is 446 g/mol. The zero-order chi connectivity index (χ0) is 22.1. The molecule has 0 atom stereocenters. The standard InChI is InChI=1S/C23H28ClN3O2S/c1-15-13-16(2)20-19(14-15)25-22(30-20)27(12-11-26(5)6)21(28)23(3,4)29-18-9-7-17(24)8-10-18/h7-10,13-14H,11-12H2,1-6H3. The molecule has 0 aliphatic heterocycles. The number of aryl methyl sites for hydroxylation is 2. The van der Waals surface area contributed by atoms with Crippen LogP contribution in [0.25, 0.3) is 10.2 Å². The van der Waals surface area contributed by atoms with E-state index in [2.05, 4.69) is 30.9 Å². The third kappa shape index (κ3) is 5.12. The Morgan fingerprint density at radius 2 is 1.80 bits per heavy atom. The van der Waals surface area contributed by atoms with Crippen LogP contribution in [0.15, 0.2) is 36.4 Å². The molecule has 1 heterocycles. The summed E-state index contributed by atoms with van der Waals surface area (Å²) < 4.78 is 7.16. The van der Waals surface area contributed by atoms with E-state index in [-0.39, 0.29) is 5.91 Å². The van der Waals surface area contributed by atoms with E-state index in [1.54, 1.807) is 54.3 Å². The molecule has 0 aliphatic rings. The Labute approximate surface area is 187 Å². The Kier molecular flexibility index (Phi) is 6.70. The molecule has 3 aromatic rings. The number of hydrogen-bond donors (Lipinski definition) is 0. The lowest BCUT2D eigenvalue weighted by Gasteiger charge is -2.31. The zero-order valence-electron chi connectivity index (χ0n) is 18.3. The van der Waals surface area contributed by atoms with Crippen molar-refractivity contribution in [1.82, 2.24) is 9.88 Å². The Morgan fingerprint density at radius 1 is 1.13 bits per heavy atom. The number of benzene rings is 2. The van der Waals surface area contributed by atoms with E-state index in [1.165, 1.54) is 5.56 Å². The predicted octanol–water partition coefficient (Wildman–Crippen LogP) is 5.32. The number of ether oxygens (including phenoxy) is 1. The number of likely N-dealkylation sites (N-methyl/N-ethyl adjacent to an activating group) is 1. The third-order valence-electron chi connectivity index (χ3n) is 4.76. The van der Waals surface area contributed by atoms with Crippen LogP contribution in [0.2, 0.25) is 5.02 Å². The minimum Gasteiger partial charge on any atom is -0.478 e. The Bertz CT molecular complexity index is 1040. The maximum atomic E-state index is 13.6.